The molecule has 1 heterocycles. The molecule has 1 aromatic heterocycles. The second-order valence-corrected chi connectivity index (χ2v) is 5.20. The number of pyridine rings is 1. The van der Waals surface area contributed by atoms with Crippen LogP contribution in [0, 0.1) is 5.92 Å². The van der Waals surface area contributed by atoms with Crippen LogP contribution in [0.25, 0.3) is 0 Å². The zero-order valence-corrected chi connectivity index (χ0v) is 11.0. The Morgan fingerprint density at radius 1 is 1.39 bits per heavy atom. The number of carboxylic acids is 1. The van der Waals surface area contributed by atoms with Gasteiger partial charge in [-0.25, -0.2) is 9.78 Å². The first-order valence-electron chi connectivity index (χ1n) is 6.50. The largest absolute Gasteiger partial charge is 0.478 e. The van der Waals surface area contributed by atoms with E-state index in [1.165, 1.54) is 12.8 Å². The molecule has 1 fully saturated rings. The van der Waals surface area contributed by atoms with E-state index >= 15 is 0 Å². The lowest BCUT2D eigenvalue weighted by atomic mass is 9.86. The predicted molar refractivity (Wildman–Crippen MR) is 71.0 cm³/mol. The first kappa shape index (κ1) is 12.9. The topological polar surface area (TPSA) is 53.4 Å². The van der Waals surface area contributed by atoms with Gasteiger partial charge in [0.2, 0.25) is 0 Å². The zero-order chi connectivity index (χ0) is 13.1. The SMILES string of the molecule is CC1CCC(N(C)c2ncccc2C(=O)O)CC1. The van der Waals surface area contributed by atoms with Gasteiger partial charge in [0.1, 0.15) is 11.4 Å². The monoisotopic (exact) mass is 248 g/mol. The van der Waals surface area contributed by atoms with Crippen molar-refractivity contribution in [2.45, 2.75) is 38.6 Å². The highest BCUT2D eigenvalue weighted by Gasteiger charge is 2.25. The quantitative estimate of drug-likeness (QED) is 0.893. The highest BCUT2D eigenvalue weighted by Crippen LogP contribution is 2.29. The van der Waals surface area contributed by atoms with Crippen molar-refractivity contribution in [1.82, 2.24) is 4.98 Å². The van der Waals surface area contributed by atoms with Crippen molar-refractivity contribution in [3.8, 4) is 0 Å². The lowest BCUT2D eigenvalue weighted by molar-refractivity contribution is 0.0697. The summed E-state index contributed by atoms with van der Waals surface area (Å²) >= 11 is 0. The van der Waals surface area contributed by atoms with Gasteiger partial charge in [0.15, 0.2) is 0 Å². The normalized spacial score (nSPS) is 23.7. The summed E-state index contributed by atoms with van der Waals surface area (Å²) in [7, 11) is 1.95. The zero-order valence-electron chi connectivity index (χ0n) is 11.0. The minimum atomic E-state index is -0.908. The number of anilines is 1. The fourth-order valence-electron chi connectivity index (χ4n) is 2.65. The number of aromatic nitrogens is 1. The third-order valence-electron chi connectivity index (χ3n) is 3.88. The molecule has 1 aromatic rings. The van der Waals surface area contributed by atoms with Gasteiger partial charge < -0.3 is 10.0 Å². The van der Waals surface area contributed by atoms with E-state index in [4.69, 9.17) is 0 Å². The van der Waals surface area contributed by atoms with Crippen LogP contribution < -0.4 is 4.90 Å². The van der Waals surface area contributed by atoms with Crippen LogP contribution in [0.5, 0.6) is 0 Å². The number of hydrogen-bond acceptors (Lipinski definition) is 3. The standard InChI is InChI=1S/C14H20N2O2/c1-10-5-7-11(8-6-10)16(2)13-12(14(17)18)4-3-9-15-13/h3-4,9-11H,5-8H2,1-2H3,(H,17,18). The molecule has 0 amide bonds. The van der Waals surface area contributed by atoms with Gasteiger partial charge in [-0.05, 0) is 43.7 Å². The lowest BCUT2D eigenvalue weighted by Gasteiger charge is -2.34. The molecule has 4 nitrogen and oxygen atoms in total. The molecule has 0 bridgehead atoms. The van der Waals surface area contributed by atoms with E-state index in [-0.39, 0.29) is 0 Å². The number of rotatable bonds is 3. The Balaban J connectivity index is 2.18. The molecular weight excluding hydrogens is 228 g/mol. The second-order valence-electron chi connectivity index (χ2n) is 5.20. The maximum absolute atomic E-state index is 11.2. The lowest BCUT2D eigenvalue weighted by Crippen LogP contribution is -2.36. The van der Waals surface area contributed by atoms with Gasteiger partial charge in [0.05, 0.1) is 0 Å². The Hall–Kier alpha value is -1.58. The number of nitrogens with zero attached hydrogens (tertiary/aromatic N) is 2. The van der Waals surface area contributed by atoms with Crippen LogP contribution >= 0.6 is 0 Å². The molecular formula is C14H20N2O2. The van der Waals surface area contributed by atoms with E-state index in [1.807, 2.05) is 11.9 Å². The number of carbonyl (C=O) groups is 1. The Bertz CT molecular complexity index is 426. The van der Waals surface area contributed by atoms with Gasteiger partial charge in [0.25, 0.3) is 0 Å². The molecule has 2 rings (SSSR count). The number of carboxylic acid groups (broad SMARTS) is 1. The molecule has 0 unspecified atom stereocenters. The average Bonchev–Trinajstić information content (AvgIpc) is 2.39. The van der Waals surface area contributed by atoms with Crippen molar-refractivity contribution in [2.75, 3.05) is 11.9 Å². The van der Waals surface area contributed by atoms with E-state index in [1.54, 1.807) is 18.3 Å². The van der Waals surface area contributed by atoms with Crippen LogP contribution in [0.15, 0.2) is 18.3 Å². The molecule has 1 aliphatic rings. The van der Waals surface area contributed by atoms with Crippen LogP contribution in [-0.4, -0.2) is 29.1 Å². The van der Waals surface area contributed by atoms with Gasteiger partial charge in [-0.15, -0.1) is 0 Å². The van der Waals surface area contributed by atoms with E-state index in [9.17, 15) is 9.90 Å². The van der Waals surface area contributed by atoms with Crippen LogP contribution in [0.4, 0.5) is 5.82 Å². The number of hydrogen-bond donors (Lipinski definition) is 1. The van der Waals surface area contributed by atoms with E-state index in [0.29, 0.717) is 17.4 Å². The second kappa shape index (κ2) is 5.38. The molecule has 98 valence electrons. The third-order valence-corrected chi connectivity index (χ3v) is 3.88. The van der Waals surface area contributed by atoms with Gasteiger partial charge in [-0.2, -0.15) is 0 Å². The van der Waals surface area contributed by atoms with Crippen molar-refractivity contribution in [3.63, 3.8) is 0 Å². The molecule has 18 heavy (non-hydrogen) atoms. The Kier molecular flexibility index (Phi) is 3.84. The van der Waals surface area contributed by atoms with Crippen molar-refractivity contribution in [3.05, 3.63) is 23.9 Å². The van der Waals surface area contributed by atoms with Gasteiger partial charge >= 0.3 is 5.97 Å². The summed E-state index contributed by atoms with van der Waals surface area (Å²) in [6.45, 7) is 2.28. The molecule has 0 saturated heterocycles. The van der Waals surface area contributed by atoms with Crippen LogP contribution in [0.1, 0.15) is 43.0 Å². The molecule has 1 aliphatic carbocycles. The first-order valence-corrected chi connectivity index (χ1v) is 6.50. The molecule has 1 saturated carbocycles. The van der Waals surface area contributed by atoms with Crippen molar-refractivity contribution >= 4 is 11.8 Å². The molecule has 0 aromatic carbocycles. The summed E-state index contributed by atoms with van der Waals surface area (Å²) < 4.78 is 0. The summed E-state index contributed by atoms with van der Waals surface area (Å²) in [6, 6.07) is 3.70. The van der Waals surface area contributed by atoms with E-state index < -0.39 is 5.97 Å². The van der Waals surface area contributed by atoms with Crippen molar-refractivity contribution < 1.29 is 9.90 Å². The predicted octanol–water partition coefficient (Wildman–Crippen LogP) is 2.79. The number of aromatic carboxylic acids is 1. The van der Waals surface area contributed by atoms with E-state index in [0.717, 1.165) is 18.8 Å². The maximum atomic E-state index is 11.2. The average molecular weight is 248 g/mol. The molecule has 4 heteroatoms. The maximum Gasteiger partial charge on any atom is 0.339 e. The minimum absolute atomic E-state index is 0.290. The molecule has 1 N–H and O–H groups in total. The summed E-state index contributed by atoms with van der Waals surface area (Å²) in [6.07, 6.45) is 6.32. The van der Waals surface area contributed by atoms with Gasteiger partial charge in [-0.1, -0.05) is 6.92 Å². The molecule has 0 atom stereocenters. The Labute approximate surface area is 108 Å². The Morgan fingerprint density at radius 2 is 2.06 bits per heavy atom. The van der Waals surface area contributed by atoms with E-state index in [2.05, 4.69) is 11.9 Å². The fraction of sp³-hybridized carbons (Fsp3) is 0.571. The molecule has 0 spiro atoms. The summed E-state index contributed by atoms with van der Waals surface area (Å²) in [5.74, 6) is 0.469. The van der Waals surface area contributed by atoms with Crippen LogP contribution in [-0.2, 0) is 0 Å². The Morgan fingerprint density at radius 3 is 2.67 bits per heavy atom. The highest BCUT2D eigenvalue weighted by molar-refractivity contribution is 5.93. The molecule has 0 aliphatic heterocycles. The summed E-state index contributed by atoms with van der Waals surface area (Å²) in [5.41, 5.74) is 0.290. The fourth-order valence-corrected chi connectivity index (χ4v) is 2.65. The smallest absolute Gasteiger partial charge is 0.339 e. The van der Waals surface area contributed by atoms with Crippen LogP contribution in [0.3, 0.4) is 0 Å². The van der Waals surface area contributed by atoms with Crippen LogP contribution in [0.2, 0.25) is 0 Å². The molecule has 0 radical (unpaired) electrons. The van der Waals surface area contributed by atoms with Crippen molar-refractivity contribution in [1.29, 1.82) is 0 Å². The highest BCUT2D eigenvalue weighted by atomic mass is 16.4. The van der Waals surface area contributed by atoms with Gasteiger partial charge in [0, 0.05) is 19.3 Å². The summed E-state index contributed by atoms with van der Waals surface area (Å²) in [5, 5.41) is 9.19. The minimum Gasteiger partial charge on any atom is -0.478 e. The van der Waals surface area contributed by atoms with Gasteiger partial charge in [-0.3, -0.25) is 0 Å². The third kappa shape index (κ3) is 2.63. The van der Waals surface area contributed by atoms with Crippen molar-refractivity contribution in [2.24, 2.45) is 5.92 Å². The first-order chi connectivity index (χ1) is 8.59. The summed E-state index contributed by atoms with van der Waals surface area (Å²) in [4.78, 5) is 17.5.